The van der Waals surface area contributed by atoms with Crippen LogP contribution in [0.1, 0.15) is 35.1 Å². The molecule has 1 aromatic heterocycles. The number of carbonyl (C=O) groups is 1. The van der Waals surface area contributed by atoms with Crippen molar-refractivity contribution < 1.29 is 4.79 Å². The van der Waals surface area contributed by atoms with Gasteiger partial charge in [0.1, 0.15) is 0 Å². The van der Waals surface area contributed by atoms with E-state index in [1.165, 1.54) is 5.69 Å². The van der Waals surface area contributed by atoms with Crippen molar-refractivity contribution in [1.82, 2.24) is 29.8 Å². The molecule has 0 unspecified atom stereocenters. The summed E-state index contributed by atoms with van der Waals surface area (Å²) in [7, 11) is 3.61. The van der Waals surface area contributed by atoms with Crippen LogP contribution >= 0.6 is 0 Å². The Morgan fingerprint density at radius 3 is 2.52 bits per heavy atom. The summed E-state index contributed by atoms with van der Waals surface area (Å²) < 4.78 is 2.07. The number of piperazine rings is 1. The van der Waals surface area contributed by atoms with Gasteiger partial charge in [-0.2, -0.15) is 5.10 Å². The van der Waals surface area contributed by atoms with Crippen LogP contribution in [0, 0.1) is 0 Å². The van der Waals surface area contributed by atoms with Gasteiger partial charge in [0.25, 0.3) is 5.91 Å². The van der Waals surface area contributed by atoms with E-state index in [-0.39, 0.29) is 5.91 Å². The zero-order valence-corrected chi connectivity index (χ0v) is 15.9. The SMILES string of the molecule is CCCn1nc(C(=O)N(C)C)c2c1CCN(CCN1CCNCC1)C2. The lowest BCUT2D eigenvalue weighted by Gasteiger charge is -2.32. The fourth-order valence-corrected chi connectivity index (χ4v) is 3.74. The maximum absolute atomic E-state index is 12.6. The van der Waals surface area contributed by atoms with Crippen molar-refractivity contribution in [2.24, 2.45) is 0 Å². The molecule has 0 saturated carbocycles. The predicted molar refractivity (Wildman–Crippen MR) is 98.8 cm³/mol. The summed E-state index contributed by atoms with van der Waals surface area (Å²) in [5.41, 5.74) is 3.07. The Labute approximate surface area is 150 Å². The van der Waals surface area contributed by atoms with Crippen molar-refractivity contribution in [3.05, 3.63) is 17.0 Å². The van der Waals surface area contributed by atoms with Gasteiger partial charge >= 0.3 is 0 Å². The van der Waals surface area contributed by atoms with Crippen molar-refractivity contribution in [2.75, 3.05) is 59.9 Å². The van der Waals surface area contributed by atoms with E-state index in [2.05, 4.69) is 31.8 Å². The average Bonchev–Trinajstić information content (AvgIpc) is 2.98. The van der Waals surface area contributed by atoms with Crippen molar-refractivity contribution >= 4 is 5.91 Å². The van der Waals surface area contributed by atoms with E-state index in [1.807, 2.05) is 0 Å². The summed E-state index contributed by atoms with van der Waals surface area (Å²) in [6.07, 6.45) is 2.03. The third-order valence-corrected chi connectivity index (χ3v) is 5.20. The van der Waals surface area contributed by atoms with Crippen LogP contribution < -0.4 is 5.32 Å². The molecule has 1 N–H and O–H groups in total. The Kier molecular flexibility index (Phi) is 6.09. The minimum atomic E-state index is 0.0232. The number of rotatable bonds is 6. The van der Waals surface area contributed by atoms with Crippen LogP contribution in [-0.2, 0) is 19.5 Å². The van der Waals surface area contributed by atoms with E-state index in [0.29, 0.717) is 5.69 Å². The molecule has 3 heterocycles. The van der Waals surface area contributed by atoms with Gasteiger partial charge in [0.05, 0.1) is 0 Å². The molecule has 2 aliphatic heterocycles. The van der Waals surface area contributed by atoms with E-state index in [1.54, 1.807) is 19.0 Å². The van der Waals surface area contributed by atoms with Gasteiger partial charge in [0.15, 0.2) is 5.69 Å². The molecule has 2 aliphatic rings. The summed E-state index contributed by atoms with van der Waals surface area (Å²) in [4.78, 5) is 19.2. The predicted octanol–water partition coefficient (Wildman–Crippen LogP) is 0.258. The molecule has 0 atom stereocenters. The fraction of sp³-hybridized carbons (Fsp3) is 0.778. The third-order valence-electron chi connectivity index (χ3n) is 5.20. The molecule has 1 fully saturated rings. The molecule has 1 amide bonds. The molecule has 0 spiro atoms. The second-order valence-corrected chi connectivity index (χ2v) is 7.31. The molecule has 3 rings (SSSR count). The lowest BCUT2D eigenvalue weighted by Crippen LogP contribution is -2.46. The number of nitrogens with one attached hydrogen (secondary N) is 1. The normalized spacial score (nSPS) is 19.0. The fourth-order valence-electron chi connectivity index (χ4n) is 3.74. The number of hydrogen-bond acceptors (Lipinski definition) is 5. The molecule has 25 heavy (non-hydrogen) atoms. The molecular weight excluding hydrogens is 316 g/mol. The number of hydrogen-bond donors (Lipinski definition) is 1. The lowest BCUT2D eigenvalue weighted by molar-refractivity contribution is 0.0818. The summed E-state index contributed by atoms with van der Waals surface area (Å²) in [6.45, 7) is 11.6. The van der Waals surface area contributed by atoms with Gasteiger partial charge in [-0.3, -0.25) is 19.3 Å². The molecule has 140 valence electrons. The monoisotopic (exact) mass is 348 g/mol. The largest absolute Gasteiger partial charge is 0.343 e. The Morgan fingerprint density at radius 1 is 1.12 bits per heavy atom. The van der Waals surface area contributed by atoms with Gasteiger partial charge in [-0.1, -0.05) is 6.92 Å². The smallest absolute Gasteiger partial charge is 0.274 e. The number of aromatic nitrogens is 2. The molecular formula is C18H32N6O. The maximum Gasteiger partial charge on any atom is 0.274 e. The van der Waals surface area contributed by atoms with E-state index in [4.69, 9.17) is 0 Å². The molecule has 1 saturated heterocycles. The maximum atomic E-state index is 12.6. The number of amides is 1. The van der Waals surface area contributed by atoms with E-state index < -0.39 is 0 Å². The Balaban J connectivity index is 1.70. The molecule has 1 aromatic rings. The zero-order chi connectivity index (χ0) is 17.8. The quantitative estimate of drug-likeness (QED) is 0.799. The van der Waals surface area contributed by atoms with Crippen molar-refractivity contribution in [1.29, 1.82) is 0 Å². The average molecular weight is 348 g/mol. The first-order valence-electron chi connectivity index (χ1n) is 9.55. The lowest BCUT2D eigenvalue weighted by atomic mass is 10.0. The van der Waals surface area contributed by atoms with Gasteiger partial charge in [-0.05, 0) is 6.42 Å². The molecule has 0 aliphatic carbocycles. The van der Waals surface area contributed by atoms with E-state index in [9.17, 15) is 4.79 Å². The topological polar surface area (TPSA) is 56.6 Å². The van der Waals surface area contributed by atoms with Crippen LogP contribution in [0.2, 0.25) is 0 Å². The van der Waals surface area contributed by atoms with Gasteiger partial charge < -0.3 is 10.2 Å². The summed E-state index contributed by atoms with van der Waals surface area (Å²) in [5, 5.41) is 8.07. The van der Waals surface area contributed by atoms with Crippen LogP contribution in [0.15, 0.2) is 0 Å². The van der Waals surface area contributed by atoms with Gasteiger partial charge in [0.2, 0.25) is 0 Å². The minimum Gasteiger partial charge on any atom is -0.343 e. The van der Waals surface area contributed by atoms with Gasteiger partial charge in [0, 0.05) is 90.7 Å². The standard InChI is InChI=1S/C18H32N6O/c1-4-8-24-16-5-9-23(13-12-22-10-6-19-7-11-22)14-15(16)17(20-24)18(25)21(2)3/h19H,4-14H2,1-3H3. The van der Waals surface area contributed by atoms with Crippen LogP contribution in [-0.4, -0.2) is 90.3 Å². The first-order chi connectivity index (χ1) is 12.1. The molecule has 7 nitrogen and oxygen atoms in total. The second kappa shape index (κ2) is 8.29. The summed E-state index contributed by atoms with van der Waals surface area (Å²) >= 11 is 0. The van der Waals surface area contributed by atoms with E-state index in [0.717, 1.165) is 77.3 Å². The Hall–Kier alpha value is -1.44. The molecule has 0 radical (unpaired) electrons. The van der Waals surface area contributed by atoms with Crippen LogP contribution in [0.4, 0.5) is 0 Å². The van der Waals surface area contributed by atoms with Gasteiger partial charge in [-0.25, -0.2) is 0 Å². The van der Waals surface area contributed by atoms with E-state index >= 15 is 0 Å². The Morgan fingerprint density at radius 2 is 1.84 bits per heavy atom. The van der Waals surface area contributed by atoms with Crippen LogP contribution in [0.5, 0.6) is 0 Å². The molecule has 0 aromatic carbocycles. The highest BCUT2D eigenvalue weighted by Crippen LogP contribution is 2.24. The number of carbonyl (C=O) groups excluding carboxylic acids is 1. The Bertz CT molecular complexity index is 591. The summed E-state index contributed by atoms with van der Waals surface area (Å²) in [6, 6.07) is 0. The van der Waals surface area contributed by atoms with Gasteiger partial charge in [-0.15, -0.1) is 0 Å². The van der Waals surface area contributed by atoms with Crippen LogP contribution in [0.3, 0.4) is 0 Å². The molecule has 0 bridgehead atoms. The second-order valence-electron chi connectivity index (χ2n) is 7.31. The number of fused-ring (bicyclic) bond motifs is 1. The highest BCUT2D eigenvalue weighted by Gasteiger charge is 2.28. The summed E-state index contributed by atoms with van der Waals surface area (Å²) in [5.74, 6) is 0.0232. The first kappa shape index (κ1) is 18.4. The first-order valence-corrected chi connectivity index (χ1v) is 9.55. The minimum absolute atomic E-state index is 0.0232. The number of aryl methyl sites for hydroxylation is 1. The van der Waals surface area contributed by atoms with Crippen molar-refractivity contribution in [3.63, 3.8) is 0 Å². The van der Waals surface area contributed by atoms with Crippen LogP contribution in [0.25, 0.3) is 0 Å². The highest BCUT2D eigenvalue weighted by atomic mass is 16.2. The highest BCUT2D eigenvalue weighted by molar-refractivity contribution is 5.93. The van der Waals surface area contributed by atoms with Crippen molar-refractivity contribution in [2.45, 2.75) is 32.9 Å². The zero-order valence-electron chi connectivity index (χ0n) is 15.9. The molecule has 7 heteroatoms. The third kappa shape index (κ3) is 4.22. The number of nitrogens with zero attached hydrogens (tertiary/aromatic N) is 5. The van der Waals surface area contributed by atoms with Crippen molar-refractivity contribution in [3.8, 4) is 0 Å².